The van der Waals surface area contributed by atoms with Gasteiger partial charge in [0.15, 0.2) is 5.78 Å². The van der Waals surface area contributed by atoms with Crippen molar-refractivity contribution in [3.05, 3.63) is 47.2 Å². The first kappa shape index (κ1) is 29.3. The molecule has 2 aromatic rings. The van der Waals surface area contributed by atoms with Crippen molar-refractivity contribution in [2.45, 2.75) is 99.3 Å². The lowest BCUT2D eigenvalue weighted by Gasteiger charge is -2.19. The second-order valence-corrected chi connectivity index (χ2v) is 10.9. The van der Waals surface area contributed by atoms with Crippen LogP contribution in [-0.4, -0.2) is 28.0 Å². The molecular formula is C30H46N4O2. The number of unbranched alkanes of at least 4 members (excludes halogenated alkanes) is 1. The van der Waals surface area contributed by atoms with Crippen molar-refractivity contribution in [2.75, 3.05) is 17.2 Å². The van der Waals surface area contributed by atoms with Crippen LogP contribution < -0.4 is 10.6 Å². The molecule has 0 fully saturated rings. The molecule has 36 heavy (non-hydrogen) atoms. The van der Waals surface area contributed by atoms with Crippen LogP contribution in [0.1, 0.15) is 96.9 Å². The maximum Gasteiger partial charge on any atom is 0.225 e. The number of aryl methyl sites for hydroxylation is 2. The van der Waals surface area contributed by atoms with E-state index < -0.39 is 0 Å². The Balaban J connectivity index is 1.97. The van der Waals surface area contributed by atoms with Crippen LogP contribution in [0.5, 0.6) is 0 Å². The largest absolute Gasteiger partial charge is 0.378 e. The molecule has 0 aliphatic heterocycles. The SMILES string of the molecule is CC=C(C(C)CCCC)n1nc(C(C)(C)C)cc1NC(=O)CCCC(=O)CNc1ccc(C)c(C)c1. The smallest absolute Gasteiger partial charge is 0.225 e. The molecule has 0 aliphatic carbocycles. The maximum atomic E-state index is 12.8. The molecule has 0 radical (unpaired) electrons. The molecule has 1 unspecified atom stereocenters. The molecule has 0 saturated carbocycles. The van der Waals surface area contributed by atoms with Crippen molar-refractivity contribution in [1.29, 1.82) is 0 Å². The molecule has 0 aliphatic rings. The van der Waals surface area contributed by atoms with E-state index in [0.717, 1.165) is 36.3 Å². The van der Waals surface area contributed by atoms with Gasteiger partial charge in [0.1, 0.15) is 5.82 Å². The summed E-state index contributed by atoms with van der Waals surface area (Å²) in [5.74, 6) is 1.04. The quantitative estimate of drug-likeness (QED) is 0.307. The first-order chi connectivity index (χ1) is 17.0. The van der Waals surface area contributed by atoms with Crippen LogP contribution in [-0.2, 0) is 15.0 Å². The highest BCUT2D eigenvalue weighted by atomic mass is 16.1. The van der Waals surface area contributed by atoms with E-state index in [-0.39, 0.29) is 23.7 Å². The van der Waals surface area contributed by atoms with Gasteiger partial charge in [-0.05, 0) is 62.8 Å². The molecule has 0 bridgehead atoms. The van der Waals surface area contributed by atoms with Crippen molar-refractivity contribution in [2.24, 2.45) is 5.92 Å². The van der Waals surface area contributed by atoms with Gasteiger partial charge in [-0.1, -0.05) is 59.6 Å². The molecule has 198 valence electrons. The van der Waals surface area contributed by atoms with Gasteiger partial charge in [-0.2, -0.15) is 5.10 Å². The Morgan fingerprint density at radius 3 is 2.42 bits per heavy atom. The number of carbonyl (C=O) groups excluding carboxylic acids is 2. The third kappa shape index (κ3) is 8.65. The number of nitrogens with one attached hydrogen (secondary N) is 2. The van der Waals surface area contributed by atoms with Crippen LogP contribution in [0.2, 0.25) is 0 Å². The Hall–Kier alpha value is -2.89. The topological polar surface area (TPSA) is 76.0 Å². The average Bonchev–Trinajstić information content (AvgIpc) is 3.22. The third-order valence-electron chi connectivity index (χ3n) is 6.64. The highest BCUT2D eigenvalue weighted by molar-refractivity contribution is 5.91. The molecule has 6 nitrogen and oxygen atoms in total. The van der Waals surface area contributed by atoms with E-state index in [4.69, 9.17) is 5.10 Å². The summed E-state index contributed by atoms with van der Waals surface area (Å²) in [4.78, 5) is 25.2. The zero-order chi connectivity index (χ0) is 26.9. The molecule has 0 spiro atoms. The molecule has 1 aromatic heterocycles. The Labute approximate surface area is 217 Å². The molecule has 6 heteroatoms. The molecule has 1 amide bonds. The number of aromatic nitrogens is 2. The molecule has 1 aromatic carbocycles. The zero-order valence-corrected chi connectivity index (χ0v) is 23.6. The zero-order valence-electron chi connectivity index (χ0n) is 23.6. The summed E-state index contributed by atoms with van der Waals surface area (Å²) in [6.07, 6.45) is 6.65. The van der Waals surface area contributed by atoms with Crippen LogP contribution in [0, 0.1) is 19.8 Å². The van der Waals surface area contributed by atoms with Crippen LogP contribution >= 0.6 is 0 Å². The second-order valence-electron chi connectivity index (χ2n) is 10.9. The third-order valence-corrected chi connectivity index (χ3v) is 6.64. The fourth-order valence-corrected chi connectivity index (χ4v) is 4.10. The van der Waals surface area contributed by atoms with Gasteiger partial charge in [0.05, 0.1) is 12.2 Å². The number of hydrogen-bond donors (Lipinski definition) is 2. The summed E-state index contributed by atoms with van der Waals surface area (Å²) in [5, 5.41) is 11.1. The Morgan fingerprint density at radius 1 is 1.08 bits per heavy atom. The summed E-state index contributed by atoms with van der Waals surface area (Å²) in [5.41, 5.74) is 5.27. The number of Topliss-reactive ketones (excluding diaryl/α,β-unsaturated/α-hetero) is 1. The van der Waals surface area contributed by atoms with Gasteiger partial charge >= 0.3 is 0 Å². The van der Waals surface area contributed by atoms with E-state index in [0.29, 0.717) is 31.0 Å². The van der Waals surface area contributed by atoms with Gasteiger partial charge in [0.2, 0.25) is 5.91 Å². The van der Waals surface area contributed by atoms with E-state index in [2.05, 4.69) is 65.2 Å². The maximum absolute atomic E-state index is 12.8. The summed E-state index contributed by atoms with van der Waals surface area (Å²) in [7, 11) is 0. The van der Waals surface area contributed by atoms with E-state index in [1.54, 1.807) is 0 Å². The first-order valence-corrected chi connectivity index (χ1v) is 13.4. The number of rotatable bonds is 13. The Morgan fingerprint density at radius 2 is 1.81 bits per heavy atom. The van der Waals surface area contributed by atoms with E-state index in [1.807, 2.05) is 35.9 Å². The minimum absolute atomic E-state index is 0.0943. The summed E-state index contributed by atoms with van der Waals surface area (Å²) < 4.78 is 1.90. The van der Waals surface area contributed by atoms with E-state index >= 15 is 0 Å². The van der Waals surface area contributed by atoms with Gasteiger partial charge in [-0.3, -0.25) is 9.59 Å². The van der Waals surface area contributed by atoms with Crippen molar-refractivity contribution >= 4 is 28.9 Å². The summed E-state index contributed by atoms with van der Waals surface area (Å²) >= 11 is 0. The minimum atomic E-state index is -0.133. The van der Waals surface area contributed by atoms with E-state index in [1.165, 1.54) is 11.1 Å². The Bertz CT molecular complexity index is 1060. The molecule has 2 rings (SSSR count). The van der Waals surface area contributed by atoms with E-state index in [9.17, 15) is 9.59 Å². The molecular weight excluding hydrogens is 448 g/mol. The van der Waals surface area contributed by atoms with Crippen LogP contribution in [0.15, 0.2) is 30.3 Å². The van der Waals surface area contributed by atoms with Crippen LogP contribution in [0.4, 0.5) is 11.5 Å². The Kier molecular flexibility index (Phi) is 10.9. The lowest BCUT2D eigenvalue weighted by Crippen LogP contribution is -2.18. The number of benzene rings is 1. The van der Waals surface area contributed by atoms with Crippen molar-refractivity contribution < 1.29 is 9.59 Å². The lowest BCUT2D eigenvalue weighted by atomic mass is 9.92. The number of anilines is 2. The number of amides is 1. The normalized spacial score (nSPS) is 12.9. The van der Waals surface area contributed by atoms with Gasteiger partial charge in [0.25, 0.3) is 0 Å². The predicted molar refractivity (Wildman–Crippen MR) is 151 cm³/mol. The number of nitrogens with zero attached hydrogens (tertiary/aromatic N) is 2. The van der Waals surface area contributed by atoms with Gasteiger partial charge in [0, 0.05) is 35.7 Å². The van der Waals surface area contributed by atoms with Crippen LogP contribution in [0.25, 0.3) is 5.70 Å². The molecule has 1 heterocycles. The van der Waals surface area contributed by atoms with Gasteiger partial charge in [-0.15, -0.1) is 0 Å². The van der Waals surface area contributed by atoms with Crippen molar-refractivity contribution in [3.63, 3.8) is 0 Å². The van der Waals surface area contributed by atoms with Crippen molar-refractivity contribution in [1.82, 2.24) is 9.78 Å². The minimum Gasteiger partial charge on any atom is -0.378 e. The van der Waals surface area contributed by atoms with Crippen molar-refractivity contribution in [3.8, 4) is 0 Å². The molecule has 2 N–H and O–H groups in total. The molecule has 1 atom stereocenters. The first-order valence-electron chi connectivity index (χ1n) is 13.4. The van der Waals surface area contributed by atoms with Gasteiger partial charge < -0.3 is 10.6 Å². The summed E-state index contributed by atoms with van der Waals surface area (Å²) in [6, 6.07) is 8.06. The summed E-state index contributed by atoms with van der Waals surface area (Å²) in [6.45, 7) is 17.2. The fraction of sp³-hybridized carbons (Fsp3) is 0.567. The molecule has 0 saturated heterocycles. The standard InChI is InChI=1S/C30H46N4O2/c1-9-11-13-22(4)26(10-2)34-28(19-27(33-34)30(6,7)8)32-29(36)15-12-14-25(35)20-31-24-17-16-21(3)23(5)18-24/h10,16-19,22,31H,9,11-15,20H2,1-8H3,(H,32,36). The number of hydrogen-bond acceptors (Lipinski definition) is 4. The number of ketones is 1. The number of allylic oxidation sites excluding steroid dienone is 2. The highest BCUT2D eigenvalue weighted by Gasteiger charge is 2.23. The van der Waals surface area contributed by atoms with Gasteiger partial charge in [-0.25, -0.2) is 4.68 Å². The number of carbonyl (C=O) groups is 2. The average molecular weight is 495 g/mol. The fourth-order valence-electron chi connectivity index (χ4n) is 4.10. The highest BCUT2D eigenvalue weighted by Crippen LogP contribution is 2.30. The lowest BCUT2D eigenvalue weighted by molar-refractivity contribution is -0.118. The monoisotopic (exact) mass is 494 g/mol. The second kappa shape index (κ2) is 13.4. The van der Waals surface area contributed by atoms with Crippen LogP contribution in [0.3, 0.4) is 0 Å². The predicted octanol–water partition coefficient (Wildman–Crippen LogP) is 7.27.